The molecular weight excluding hydrogens is 669 g/mol. The van der Waals surface area contributed by atoms with Crippen LogP contribution >= 0.6 is 15.9 Å². The SMILES string of the molecule is Cc1ccc(S(=O)(=O)N(CC(=O)N(Cc2ccccc2F)[C@@H](Cc2ccccc2)C(=O)NC2CCCC2)c2cccc(Br)c2)cc1. The number of nitrogens with one attached hydrogen (secondary N) is 1. The van der Waals surface area contributed by atoms with Gasteiger partial charge in [-0.2, -0.15) is 0 Å². The van der Waals surface area contributed by atoms with Crippen LogP contribution in [-0.2, 0) is 32.6 Å². The molecule has 1 atom stereocenters. The molecule has 2 amide bonds. The Morgan fingerprint density at radius 2 is 1.59 bits per heavy atom. The maximum absolute atomic E-state index is 15.1. The quantitative estimate of drug-likeness (QED) is 0.176. The molecule has 46 heavy (non-hydrogen) atoms. The number of sulfonamides is 1. The lowest BCUT2D eigenvalue weighted by Gasteiger charge is -2.34. The van der Waals surface area contributed by atoms with E-state index >= 15 is 4.39 Å². The molecule has 1 N–H and O–H groups in total. The maximum Gasteiger partial charge on any atom is 0.264 e. The Balaban J connectivity index is 1.57. The molecule has 0 aliphatic heterocycles. The van der Waals surface area contributed by atoms with E-state index in [-0.39, 0.29) is 41.1 Å². The van der Waals surface area contributed by atoms with E-state index in [0.717, 1.165) is 41.1 Å². The third-order valence-corrected chi connectivity index (χ3v) is 10.5. The van der Waals surface area contributed by atoms with Gasteiger partial charge in [0.25, 0.3) is 10.0 Å². The van der Waals surface area contributed by atoms with E-state index in [9.17, 15) is 18.0 Å². The molecule has 0 heterocycles. The first-order valence-electron chi connectivity index (χ1n) is 15.3. The van der Waals surface area contributed by atoms with Gasteiger partial charge in [-0.3, -0.25) is 13.9 Å². The van der Waals surface area contributed by atoms with Crippen LogP contribution in [0.3, 0.4) is 0 Å². The number of aryl methyl sites for hydroxylation is 1. The first-order chi connectivity index (χ1) is 22.1. The van der Waals surface area contributed by atoms with Crippen LogP contribution in [0.2, 0.25) is 0 Å². The lowest BCUT2D eigenvalue weighted by molar-refractivity contribution is -0.140. The van der Waals surface area contributed by atoms with Crippen molar-refractivity contribution in [3.8, 4) is 0 Å². The van der Waals surface area contributed by atoms with Crippen molar-refractivity contribution in [3.05, 3.63) is 130 Å². The van der Waals surface area contributed by atoms with Gasteiger partial charge >= 0.3 is 0 Å². The highest BCUT2D eigenvalue weighted by atomic mass is 79.9. The van der Waals surface area contributed by atoms with Gasteiger partial charge in [0.2, 0.25) is 11.8 Å². The fourth-order valence-electron chi connectivity index (χ4n) is 5.73. The van der Waals surface area contributed by atoms with Gasteiger partial charge in [0.1, 0.15) is 18.4 Å². The van der Waals surface area contributed by atoms with E-state index in [0.29, 0.717) is 4.47 Å². The normalized spacial score (nSPS) is 14.1. The summed E-state index contributed by atoms with van der Waals surface area (Å²) < 4.78 is 45.1. The average molecular weight is 707 g/mol. The average Bonchev–Trinajstić information content (AvgIpc) is 3.56. The fourth-order valence-corrected chi connectivity index (χ4v) is 7.52. The van der Waals surface area contributed by atoms with Crippen molar-refractivity contribution in [2.45, 2.75) is 62.6 Å². The zero-order chi connectivity index (χ0) is 32.7. The summed E-state index contributed by atoms with van der Waals surface area (Å²) in [6.45, 7) is 1.03. The van der Waals surface area contributed by atoms with E-state index in [4.69, 9.17) is 0 Å². The molecule has 240 valence electrons. The zero-order valence-corrected chi connectivity index (χ0v) is 28.0. The summed E-state index contributed by atoms with van der Waals surface area (Å²) in [4.78, 5) is 29.9. The number of nitrogens with zero attached hydrogens (tertiary/aromatic N) is 2. The summed E-state index contributed by atoms with van der Waals surface area (Å²) in [7, 11) is -4.23. The number of halogens is 2. The molecule has 10 heteroatoms. The minimum Gasteiger partial charge on any atom is -0.352 e. The predicted molar refractivity (Wildman–Crippen MR) is 181 cm³/mol. The van der Waals surface area contributed by atoms with E-state index < -0.39 is 34.3 Å². The molecule has 1 aliphatic carbocycles. The number of carbonyl (C=O) groups is 2. The highest BCUT2D eigenvalue weighted by Crippen LogP contribution is 2.28. The fraction of sp³-hybridized carbons (Fsp3) is 0.278. The van der Waals surface area contributed by atoms with Crippen LogP contribution in [0.15, 0.2) is 112 Å². The lowest BCUT2D eigenvalue weighted by Crippen LogP contribution is -2.54. The molecule has 1 saturated carbocycles. The second-order valence-corrected chi connectivity index (χ2v) is 14.4. The van der Waals surface area contributed by atoms with E-state index in [1.54, 1.807) is 54.6 Å². The van der Waals surface area contributed by atoms with Crippen molar-refractivity contribution < 1.29 is 22.4 Å². The smallest absolute Gasteiger partial charge is 0.264 e. The van der Waals surface area contributed by atoms with Crippen LogP contribution in [0.5, 0.6) is 0 Å². The molecule has 1 fully saturated rings. The van der Waals surface area contributed by atoms with Crippen LogP contribution in [0, 0.1) is 12.7 Å². The standard InChI is InChI=1S/C36H37BrFN3O4S/c1-26-18-20-32(21-19-26)46(44,45)41(31-16-9-13-29(37)23-31)25-35(42)40(24-28-12-5-8-17-33(28)38)34(22-27-10-3-2-4-11-27)36(43)39-30-14-6-7-15-30/h2-5,8-13,16-21,23,30,34H,6-7,14-15,22,24-25H2,1H3,(H,39,43)/t34-/m0/s1. The Kier molecular flexibility index (Phi) is 10.9. The van der Waals surface area contributed by atoms with Gasteiger partial charge in [0.05, 0.1) is 10.6 Å². The minimum absolute atomic E-state index is 0.0173. The summed E-state index contributed by atoms with van der Waals surface area (Å²) in [5.74, 6) is -1.51. The summed E-state index contributed by atoms with van der Waals surface area (Å²) in [5.41, 5.74) is 2.19. The predicted octanol–water partition coefficient (Wildman–Crippen LogP) is 6.79. The number of rotatable bonds is 12. The number of hydrogen-bond acceptors (Lipinski definition) is 4. The van der Waals surface area contributed by atoms with Crippen molar-refractivity contribution in [1.29, 1.82) is 0 Å². The third kappa shape index (κ3) is 8.22. The molecule has 0 bridgehead atoms. The van der Waals surface area contributed by atoms with Crippen LogP contribution < -0.4 is 9.62 Å². The van der Waals surface area contributed by atoms with Crippen LogP contribution in [0.25, 0.3) is 0 Å². The molecule has 0 saturated heterocycles. The molecule has 0 radical (unpaired) electrons. The van der Waals surface area contributed by atoms with Crippen molar-refractivity contribution in [2.24, 2.45) is 0 Å². The number of amides is 2. The lowest BCUT2D eigenvalue weighted by atomic mass is 10.0. The van der Waals surface area contributed by atoms with Crippen molar-refractivity contribution in [1.82, 2.24) is 10.2 Å². The second kappa shape index (κ2) is 15.0. The number of benzene rings is 4. The Morgan fingerprint density at radius 1 is 0.913 bits per heavy atom. The molecule has 0 unspecified atom stereocenters. The first kappa shape index (κ1) is 33.3. The van der Waals surface area contributed by atoms with Gasteiger partial charge in [-0.05, 0) is 61.7 Å². The number of hydrogen-bond donors (Lipinski definition) is 1. The Labute approximate surface area is 278 Å². The van der Waals surface area contributed by atoms with Crippen molar-refractivity contribution in [3.63, 3.8) is 0 Å². The summed E-state index contributed by atoms with van der Waals surface area (Å²) in [6.07, 6.45) is 3.86. The Morgan fingerprint density at radius 3 is 2.26 bits per heavy atom. The summed E-state index contributed by atoms with van der Waals surface area (Å²) >= 11 is 3.42. The molecule has 0 spiro atoms. The molecule has 4 aromatic carbocycles. The highest BCUT2D eigenvalue weighted by molar-refractivity contribution is 9.10. The molecule has 5 rings (SSSR count). The molecule has 7 nitrogen and oxygen atoms in total. The largest absolute Gasteiger partial charge is 0.352 e. The van der Waals surface area contributed by atoms with Gasteiger partial charge in [-0.1, -0.05) is 101 Å². The van der Waals surface area contributed by atoms with Crippen molar-refractivity contribution in [2.75, 3.05) is 10.8 Å². The minimum atomic E-state index is -4.23. The van der Waals surface area contributed by atoms with Gasteiger partial charge in [-0.25, -0.2) is 12.8 Å². The van der Waals surface area contributed by atoms with Crippen LogP contribution in [-0.4, -0.2) is 43.8 Å². The topological polar surface area (TPSA) is 86.8 Å². The van der Waals surface area contributed by atoms with Gasteiger partial charge in [0.15, 0.2) is 0 Å². The first-order valence-corrected chi connectivity index (χ1v) is 17.6. The Hall–Kier alpha value is -4.02. The number of anilines is 1. The monoisotopic (exact) mass is 705 g/mol. The third-order valence-electron chi connectivity index (χ3n) is 8.26. The van der Waals surface area contributed by atoms with Crippen LogP contribution in [0.4, 0.5) is 10.1 Å². The molecular formula is C36H37BrFN3O4S. The highest BCUT2D eigenvalue weighted by Gasteiger charge is 2.36. The molecule has 4 aromatic rings. The van der Waals surface area contributed by atoms with E-state index in [2.05, 4.69) is 21.2 Å². The zero-order valence-electron chi connectivity index (χ0n) is 25.6. The number of carbonyl (C=O) groups excluding carboxylic acids is 2. The second-order valence-electron chi connectivity index (χ2n) is 11.6. The Bertz CT molecular complexity index is 1760. The maximum atomic E-state index is 15.1. The van der Waals surface area contributed by atoms with Gasteiger partial charge in [-0.15, -0.1) is 0 Å². The summed E-state index contributed by atoms with van der Waals surface area (Å²) in [6, 6.07) is 27.5. The van der Waals surface area contributed by atoms with Gasteiger partial charge < -0.3 is 10.2 Å². The molecule has 0 aromatic heterocycles. The van der Waals surface area contributed by atoms with E-state index in [1.807, 2.05) is 37.3 Å². The van der Waals surface area contributed by atoms with Crippen LogP contribution in [0.1, 0.15) is 42.4 Å². The van der Waals surface area contributed by atoms with Crippen molar-refractivity contribution >= 4 is 43.5 Å². The molecule has 1 aliphatic rings. The van der Waals surface area contributed by atoms with Gasteiger partial charge in [0, 0.05) is 29.0 Å². The van der Waals surface area contributed by atoms with E-state index in [1.165, 1.54) is 23.1 Å². The summed E-state index contributed by atoms with van der Waals surface area (Å²) in [5, 5.41) is 3.12.